The van der Waals surface area contributed by atoms with E-state index in [9.17, 15) is 4.79 Å². The second kappa shape index (κ2) is 6.30. The Morgan fingerprint density at radius 1 is 1.18 bits per heavy atom. The first kappa shape index (κ1) is 14.1. The summed E-state index contributed by atoms with van der Waals surface area (Å²) in [6.45, 7) is 2.63. The molecule has 3 aromatic rings. The lowest BCUT2D eigenvalue weighted by molar-refractivity contribution is -0.119. The number of aryl methyl sites for hydroxylation is 1. The quantitative estimate of drug-likeness (QED) is 0.759. The van der Waals surface area contributed by atoms with Crippen LogP contribution in [0.25, 0.3) is 11.1 Å². The molecule has 5 heteroatoms. The van der Waals surface area contributed by atoms with E-state index < -0.39 is 0 Å². The maximum absolute atomic E-state index is 11.8. The smallest absolute Gasteiger partial charge is 0.296 e. The summed E-state index contributed by atoms with van der Waals surface area (Å²) in [5.41, 5.74) is 3.67. The fraction of sp³-hybridized carbons (Fsp3) is 0.176. The van der Waals surface area contributed by atoms with Gasteiger partial charge in [-0.05, 0) is 30.2 Å². The fourth-order valence-electron chi connectivity index (χ4n) is 2.13. The Labute approximate surface area is 128 Å². The molecule has 0 radical (unpaired) electrons. The highest BCUT2D eigenvalue weighted by atomic mass is 16.4. The van der Waals surface area contributed by atoms with Gasteiger partial charge in [0, 0.05) is 6.54 Å². The van der Waals surface area contributed by atoms with E-state index in [-0.39, 0.29) is 12.5 Å². The van der Waals surface area contributed by atoms with Crippen molar-refractivity contribution in [3.05, 3.63) is 59.7 Å². The van der Waals surface area contributed by atoms with Crippen molar-refractivity contribution in [2.24, 2.45) is 0 Å². The molecule has 2 N–H and O–H groups in total. The Morgan fingerprint density at radius 2 is 2.00 bits per heavy atom. The van der Waals surface area contributed by atoms with Gasteiger partial charge in [-0.3, -0.25) is 4.79 Å². The van der Waals surface area contributed by atoms with E-state index in [1.807, 2.05) is 55.5 Å². The molecule has 0 fully saturated rings. The zero-order valence-corrected chi connectivity index (χ0v) is 12.3. The maximum atomic E-state index is 11.8. The molecule has 3 rings (SSSR count). The van der Waals surface area contributed by atoms with E-state index in [4.69, 9.17) is 4.42 Å². The molecule has 1 amide bonds. The van der Waals surface area contributed by atoms with Crippen LogP contribution < -0.4 is 10.6 Å². The summed E-state index contributed by atoms with van der Waals surface area (Å²) in [7, 11) is 0. The van der Waals surface area contributed by atoms with Crippen molar-refractivity contribution in [2.45, 2.75) is 13.5 Å². The van der Waals surface area contributed by atoms with Crippen LogP contribution >= 0.6 is 0 Å². The van der Waals surface area contributed by atoms with Crippen molar-refractivity contribution in [1.29, 1.82) is 0 Å². The first-order chi connectivity index (χ1) is 10.7. The molecule has 22 heavy (non-hydrogen) atoms. The molecule has 0 atom stereocenters. The van der Waals surface area contributed by atoms with E-state index in [2.05, 4.69) is 15.6 Å². The minimum Gasteiger partial charge on any atom is -0.424 e. The molecule has 0 saturated carbocycles. The Bertz CT molecular complexity index is 781. The van der Waals surface area contributed by atoms with Crippen LogP contribution in [0.4, 0.5) is 6.01 Å². The van der Waals surface area contributed by atoms with Crippen LogP contribution in [-0.4, -0.2) is 17.4 Å². The molecule has 1 heterocycles. The highest BCUT2D eigenvalue weighted by Crippen LogP contribution is 2.19. The van der Waals surface area contributed by atoms with Crippen molar-refractivity contribution in [1.82, 2.24) is 10.3 Å². The van der Waals surface area contributed by atoms with Crippen molar-refractivity contribution < 1.29 is 9.21 Å². The first-order valence-electron chi connectivity index (χ1n) is 7.12. The molecular formula is C17H17N3O2. The Hall–Kier alpha value is -2.82. The van der Waals surface area contributed by atoms with Crippen LogP contribution in [0.3, 0.4) is 0 Å². The minimum atomic E-state index is -0.109. The largest absolute Gasteiger partial charge is 0.424 e. The van der Waals surface area contributed by atoms with Crippen LogP contribution in [0.1, 0.15) is 11.1 Å². The number of hydrogen-bond acceptors (Lipinski definition) is 4. The van der Waals surface area contributed by atoms with Gasteiger partial charge in [0.2, 0.25) is 5.91 Å². The zero-order valence-electron chi connectivity index (χ0n) is 12.3. The molecule has 0 saturated heterocycles. The number of rotatable bonds is 5. The number of amides is 1. The molecule has 5 nitrogen and oxygen atoms in total. The van der Waals surface area contributed by atoms with Gasteiger partial charge in [0.15, 0.2) is 5.58 Å². The molecule has 0 bridgehead atoms. The average Bonchev–Trinajstić information content (AvgIpc) is 2.94. The summed E-state index contributed by atoms with van der Waals surface area (Å²) >= 11 is 0. The Morgan fingerprint density at radius 3 is 2.82 bits per heavy atom. The highest BCUT2D eigenvalue weighted by molar-refractivity contribution is 5.81. The molecule has 112 valence electrons. The second-order valence-electron chi connectivity index (χ2n) is 5.11. The number of anilines is 1. The number of carbonyl (C=O) groups is 1. The summed E-state index contributed by atoms with van der Waals surface area (Å²) in [4.78, 5) is 16.1. The lowest BCUT2D eigenvalue weighted by Gasteiger charge is -2.05. The summed E-state index contributed by atoms with van der Waals surface area (Å²) in [5, 5.41) is 5.74. The van der Waals surface area contributed by atoms with Gasteiger partial charge in [0.25, 0.3) is 6.01 Å². The van der Waals surface area contributed by atoms with E-state index in [0.717, 1.165) is 16.6 Å². The number of carbonyl (C=O) groups excluding carboxylic acids is 1. The van der Waals surface area contributed by atoms with Crippen molar-refractivity contribution in [3.63, 3.8) is 0 Å². The number of fused-ring (bicyclic) bond motifs is 1. The predicted molar refractivity (Wildman–Crippen MR) is 85.5 cm³/mol. The van der Waals surface area contributed by atoms with E-state index in [0.29, 0.717) is 18.1 Å². The third-order valence-corrected chi connectivity index (χ3v) is 3.28. The van der Waals surface area contributed by atoms with Gasteiger partial charge < -0.3 is 15.1 Å². The van der Waals surface area contributed by atoms with Crippen molar-refractivity contribution in [2.75, 3.05) is 11.9 Å². The van der Waals surface area contributed by atoms with Gasteiger partial charge in [0.05, 0.1) is 6.54 Å². The van der Waals surface area contributed by atoms with Crippen molar-refractivity contribution in [3.8, 4) is 0 Å². The molecule has 0 aliphatic heterocycles. The third kappa shape index (κ3) is 3.44. The zero-order chi connectivity index (χ0) is 15.4. The number of nitrogens with one attached hydrogen (secondary N) is 2. The molecule has 0 unspecified atom stereocenters. The SMILES string of the molecule is Cc1ccc2oc(NCC(=O)NCc3ccccc3)nc2c1. The van der Waals surface area contributed by atoms with E-state index in [1.165, 1.54) is 0 Å². The second-order valence-corrected chi connectivity index (χ2v) is 5.11. The fourth-order valence-corrected chi connectivity index (χ4v) is 2.13. The lowest BCUT2D eigenvalue weighted by Crippen LogP contribution is -2.29. The first-order valence-corrected chi connectivity index (χ1v) is 7.12. The molecule has 1 aromatic heterocycles. The monoisotopic (exact) mass is 295 g/mol. The molecule has 0 aliphatic carbocycles. The minimum absolute atomic E-state index is 0.109. The van der Waals surface area contributed by atoms with Crippen LogP contribution in [0.5, 0.6) is 0 Å². The Kier molecular flexibility index (Phi) is 4.05. The number of hydrogen-bond donors (Lipinski definition) is 2. The number of benzene rings is 2. The molecule has 0 aliphatic rings. The average molecular weight is 295 g/mol. The van der Waals surface area contributed by atoms with Gasteiger partial charge in [-0.1, -0.05) is 36.4 Å². The van der Waals surface area contributed by atoms with E-state index >= 15 is 0 Å². The normalized spacial score (nSPS) is 10.6. The predicted octanol–water partition coefficient (Wildman–Crippen LogP) is 2.86. The third-order valence-electron chi connectivity index (χ3n) is 3.28. The molecule has 2 aromatic carbocycles. The topological polar surface area (TPSA) is 67.2 Å². The van der Waals surface area contributed by atoms with Crippen LogP contribution in [0.15, 0.2) is 52.9 Å². The van der Waals surface area contributed by atoms with Gasteiger partial charge in [-0.15, -0.1) is 0 Å². The highest BCUT2D eigenvalue weighted by Gasteiger charge is 2.07. The number of oxazole rings is 1. The van der Waals surface area contributed by atoms with Gasteiger partial charge in [0.1, 0.15) is 5.52 Å². The summed E-state index contributed by atoms with van der Waals surface area (Å²) in [6.07, 6.45) is 0. The molecular weight excluding hydrogens is 278 g/mol. The summed E-state index contributed by atoms with van der Waals surface area (Å²) < 4.78 is 5.53. The summed E-state index contributed by atoms with van der Waals surface area (Å²) in [6, 6.07) is 15.9. The van der Waals surface area contributed by atoms with Gasteiger partial charge in [-0.2, -0.15) is 4.98 Å². The van der Waals surface area contributed by atoms with Crippen LogP contribution in [-0.2, 0) is 11.3 Å². The Balaban J connectivity index is 1.53. The van der Waals surface area contributed by atoms with Gasteiger partial charge in [-0.25, -0.2) is 0 Å². The molecule has 0 spiro atoms. The maximum Gasteiger partial charge on any atom is 0.296 e. The number of aromatic nitrogens is 1. The van der Waals surface area contributed by atoms with Crippen LogP contribution in [0, 0.1) is 6.92 Å². The van der Waals surface area contributed by atoms with E-state index in [1.54, 1.807) is 0 Å². The van der Waals surface area contributed by atoms with Gasteiger partial charge >= 0.3 is 0 Å². The van der Waals surface area contributed by atoms with Crippen molar-refractivity contribution >= 4 is 23.0 Å². The number of nitrogens with zero attached hydrogens (tertiary/aromatic N) is 1. The summed E-state index contributed by atoms with van der Waals surface area (Å²) in [5.74, 6) is -0.109. The van der Waals surface area contributed by atoms with Crippen LogP contribution in [0.2, 0.25) is 0 Å². The standard InChI is InChI=1S/C17H17N3O2/c1-12-7-8-15-14(9-12)20-17(22-15)19-11-16(21)18-10-13-5-3-2-4-6-13/h2-9H,10-11H2,1H3,(H,18,21)(H,19,20). The lowest BCUT2D eigenvalue weighted by atomic mass is 10.2.